The van der Waals surface area contributed by atoms with Crippen molar-refractivity contribution in [3.05, 3.63) is 35.5 Å². The summed E-state index contributed by atoms with van der Waals surface area (Å²) in [7, 11) is 2.17. The fourth-order valence-electron chi connectivity index (χ4n) is 7.59. The second kappa shape index (κ2) is 9.61. The zero-order chi connectivity index (χ0) is 23.9. The highest BCUT2D eigenvalue weighted by molar-refractivity contribution is 5.96. The number of likely N-dealkylation sites (tertiary alicyclic amines) is 1. The standard InChI is InChI=1S/C29H40N4O2/c1-32-18-20(15-24-23-13-8-14-25-27(23)19(17-30-25)16-26(24)32)28(34)33(22-11-6-3-7-12-22)29(35)31-21-9-4-2-5-10-21/h8,13-14,17,20-22,24,26,30H,2-7,9-12,15-16,18H2,1H3,(H,31,35)/t20-,24-,26-/m1/s1. The van der Waals surface area contributed by atoms with Crippen molar-refractivity contribution in [3.63, 3.8) is 0 Å². The number of urea groups is 1. The van der Waals surface area contributed by atoms with Gasteiger partial charge in [0, 0.05) is 47.7 Å². The fourth-order valence-corrected chi connectivity index (χ4v) is 7.59. The van der Waals surface area contributed by atoms with E-state index in [1.54, 1.807) is 4.90 Å². The molecule has 2 aromatic rings. The first-order chi connectivity index (χ1) is 17.1. The lowest BCUT2D eigenvalue weighted by molar-refractivity contribution is -0.137. The highest BCUT2D eigenvalue weighted by Crippen LogP contribution is 2.45. The minimum atomic E-state index is -0.143. The first-order valence-electron chi connectivity index (χ1n) is 14.0. The molecule has 0 radical (unpaired) electrons. The van der Waals surface area contributed by atoms with E-state index in [0.29, 0.717) is 12.0 Å². The third-order valence-electron chi connectivity index (χ3n) is 9.40. The van der Waals surface area contributed by atoms with Gasteiger partial charge in [-0.3, -0.25) is 9.69 Å². The number of H-pyrrole nitrogens is 1. The molecule has 3 aliphatic carbocycles. The van der Waals surface area contributed by atoms with Crippen molar-refractivity contribution in [2.75, 3.05) is 13.6 Å². The molecule has 2 saturated carbocycles. The number of nitrogens with one attached hydrogen (secondary N) is 2. The number of rotatable bonds is 3. The van der Waals surface area contributed by atoms with Gasteiger partial charge in [-0.05, 0) is 62.8 Å². The zero-order valence-corrected chi connectivity index (χ0v) is 21.1. The zero-order valence-electron chi connectivity index (χ0n) is 21.1. The van der Waals surface area contributed by atoms with Crippen LogP contribution in [0.15, 0.2) is 24.4 Å². The van der Waals surface area contributed by atoms with E-state index in [4.69, 9.17) is 0 Å². The normalized spacial score (nSPS) is 28.0. The number of nitrogens with zero attached hydrogens (tertiary/aromatic N) is 2. The molecule has 6 rings (SSSR count). The maximum Gasteiger partial charge on any atom is 0.324 e. The third-order valence-corrected chi connectivity index (χ3v) is 9.40. The minimum Gasteiger partial charge on any atom is -0.361 e. The van der Waals surface area contributed by atoms with Crippen molar-refractivity contribution in [1.29, 1.82) is 0 Å². The average Bonchev–Trinajstić information content (AvgIpc) is 3.30. The number of benzene rings is 1. The van der Waals surface area contributed by atoms with Crippen molar-refractivity contribution in [1.82, 2.24) is 20.1 Å². The molecule has 3 fully saturated rings. The number of piperidine rings is 1. The summed E-state index contributed by atoms with van der Waals surface area (Å²) in [5.41, 5.74) is 3.96. The Bertz CT molecular complexity index is 1080. The topological polar surface area (TPSA) is 68.4 Å². The maximum atomic E-state index is 14.2. The van der Waals surface area contributed by atoms with E-state index >= 15 is 0 Å². The Morgan fingerprint density at radius 3 is 2.54 bits per heavy atom. The molecule has 1 saturated heterocycles. The molecule has 1 aromatic heterocycles. The number of amides is 3. The molecule has 4 aliphatic rings. The van der Waals surface area contributed by atoms with Crippen molar-refractivity contribution in [3.8, 4) is 0 Å². The second-order valence-electron chi connectivity index (χ2n) is 11.6. The molecule has 188 valence electrons. The van der Waals surface area contributed by atoms with Gasteiger partial charge in [-0.1, -0.05) is 50.7 Å². The van der Waals surface area contributed by atoms with Gasteiger partial charge in [-0.2, -0.15) is 0 Å². The van der Waals surface area contributed by atoms with E-state index in [9.17, 15) is 9.59 Å². The Balaban J connectivity index is 1.26. The predicted octanol–water partition coefficient (Wildman–Crippen LogP) is 5.33. The average molecular weight is 477 g/mol. The number of fused-ring (bicyclic) bond motifs is 2. The van der Waals surface area contributed by atoms with Crippen molar-refractivity contribution < 1.29 is 9.59 Å². The largest absolute Gasteiger partial charge is 0.361 e. The molecule has 2 heterocycles. The molecule has 6 heteroatoms. The van der Waals surface area contributed by atoms with Gasteiger partial charge in [-0.15, -0.1) is 0 Å². The summed E-state index contributed by atoms with van der Waals surface area (Å²) in [6.07, 6.45) is 15.0. The quantitative estimate of drug-likeness (QED) is 0.629. The Morgan fingerprint density at radius 2 is 1.77 bits per heavy atom. The molecule has 0 bridgehead atoms. The number of imide groups is 1. The van der Waals surface area contributed by atoms with Gasteiger partial charge in [0.05, 0.1) is 5.92 Å². The summed E-state index contributed by atoms with van der Waals surface area (Å²) in [4.78, 5) is 35.3. The highest BCUT2D eigenvalue weighted by atomic mass is 16.2. The second-order valence-corrected chi connectivity index (χ2v) is 11.6. The summed E-state index contributed by atoms with van der Waals surface area (Å²) in [5.74, 6) is 0.239. The Kier molecular flexibility index (Phi) is 6.34. The maximum absolute atomic E-state index is 14.2. The molecule has 3 amide bonds. The van der Waals surface area contributed by atoms with E-state index < -0.39 is 0 Å². The molecule has 1 aliphatic heterocycles. The number of likely N-dealkylation sites (N-methyl/N-ethyl adjacent to an activating group) is 1. The summed E-state index contributed by atoms with van der Waals surface area (Å²) >= 11 is 0. The number of carbonyl (C=O) groups is 2. The van der Waals surface area contributed by atoms with Crippen LogP contribution in [0.3, 0.4) is 0 Å². The molecule has 2 N–H and O–H groups in total. The molecule has 3 atom stereocenters. The number of hydrogen-bond acceptors (Lipinski definition) is 3. The molecule has 35 heavy (non-hydrogen) atoms. The van der Waals surface area contributed by atoms with Crippen LogP contribution in [-0.2, 0) is 11.2 Å². The lowest BCUT2D eigenvalue weighted by atomic mass is 9.72. The molecule has 0 spiro atoms. The van der Waals surface area contributed by atoms with Crippen LogP contribution in [0.5, 0.6) is 0 Å². The summed E-state index contributed by atoms with van der Waals surface area (Å²) in [5, 5.41) is 4.63. The van der Waals surface area contributed by atoms with Crippen LogP contribution in [0, 0.1) is 5.92 Å². The third kappa shape index (κ3) is 4.28. The summed E-state index contributed by atoms with van der Waals surface area (Å²) in [6, 6.07) is 7.09. The monoisotopic (exact) mass is 476 g/mol. The van der Waals surface area contributed by atoms with E-state index in [0.717, 1.165) is 57.9 Å². The van der Waals surface area contributed by atoms with E-state index in [-0.39, 0.29) is 29.9 Å². The molecular formula is C29H40N4O2. The SMILES string of the molecule is CN1C[C@H](C(=O)N(C(=O)NC2CCCCC2)C2CCCCC2)C[C@@H]2c3cccc4[nH]cc(c34)C[C@H]21. The van der Waals surface area contributed by atoms with Gasteiger partial charge in [0.15, 0.2) is 0 Å². The van der Waals surface area contributed by atoms with Crippen LogP contribution < -0.4 is 5.32 Å². The molecule has 6 nitrogen and oxygen atoms in total. The molecule has 1 aromatic carbocycles. The first kappa shape index (κ1) is 23.1. The Labute approximate surface area is 208 Å². The van der Waals surface area contributed by atoms with Crippen LogP contribution in [-0.4, -0.2) is 58.4 Å². The lowest BCUT2D eigenvalue weighted by Gasteiger charge is -2.46. The van der Waals surface area contributed by atoms with E-state index in [1.165, 1.54) is 47.7 Å². The van der Waals surface area contributed by atoms with Crippen molar-refractivity contribution in [2.45, 2.75) is 101 Å². The van der Waals surface area contributed by atoms with Crippen LogP contribution in [0.2, 0.25) is 0 Å². The highest BCUT2D eigenvalue weighted by Gasteiger charge is 2.44. The van der Waals surface area contributed by atoms with Crippen LogP contribution in [0.1, 0.15) is 87.7 Å². The minimum absolute atomic E-state index is 0.0499. The van der Waals surface area contributed by atoms with Gasteiger partial charge < -0.3 is 15.2 Å². The number of carbonyl (C=O) groups excluding carboxylic acids is 2. The van der Waals surface area contributed by atoms with Gasteiger partial charge in [-0.25, -0.2) is 4.79 Å². The summed E-state index contributed by atoms with van der Waals surface area (Å²) in [6.45, 7) is 0.732. The van der Waals surface area contributed by atoms with Crippen molar-refractivity contribution in [2.24, 2.45) is 5.92 Å². The summed E-state index contributed by atoms with van der Waals surface area (Å²) < 4.78 is 0. The molecule has 0 unspecified atom stereocenters. The smallest absolute Gasteiger partial charge is 0.324 e. The van der Waals surface area contributed by atoms with Crippen LogP contribution >= 0.6 is 0 Å². The van der Waals surface area contributed by atoms with Gasteiger partial charge >= 0.3 is 6.03 Å². The fraction of sp³-hybridized carbons (Fsp3) is 0.655. The van der Waals surface area contributed by atoms with Crippen LogP contribution in [0.25, 0.3) is 10.9 Å². The Morgan fingerprint density at radius 1 is 1.03 bits per heavy atom. The first-order valence-corrected chi connectivity index (χ1v) is 14.0. The van der Waals surface area contributed by atoms with Gasteiger partial charge in [0.2, 0.25) is 5.91 Å². The molecular weight excluding hydrogens is 436 g/mol. The van der Waals surface area contributed by atoms with Crippen molar-refractivity contribution >= 4 is 22.8 Å². The number of aromatic amines is 1. The lowest BCUT2D eigenvalue weighted by Crippen LogP contribution is -2.57. The van der Waals surface area contributed by atoms with E-state index in [2.05, 4.69) is 46.6 Å². The number of aromatic nitrogens is 1. The number of hydrogen-bond donors (Lipinski definition) is 2. The van der Waals surface area contributed by atoms with E-state index in [1.807, 2.05) is 0 Å². The van der Waals surface area contributed by atoms with Crippen LogP contribution in [0.4, 0.5) is 4.79 Å². The Hall–Kier alpha value is -2.34. The van der Waals surface area contributed by atoms with Gasteiger partial charge in [0.1, 0.15) is 0 Å². The van der Waals surface area contributed by atoms with Gasteiger partial charge in [0.25, 0.3) is 0 Å². The predicted molar refractivity (Wildman–Crippen MR) is 138 cm³/mol.